The molecule has 0 bridgehead atoms. The minimum absolute atomic E-state index is 0.166. The maximum atomic E-state index is 12.2. The number of hydrogen-bond donors (Lipinski definition) is 2. The van der Waals surface area contributed by atoms with E-state index in [-0.39, 0.29) is 19.1 Å². The average Bonchev–Trinajstić information content (AvgIpc) is 2.69. The highest BCUT2D eigenvalue weighted by atomic mass is 16.5. The fourth-order valence-electron chi connectivity index (χ4n) is 3.23. The third kappa shape index (κ3) is 4.68. The van der Waals surface area contributed by atoms with Crippen molar-refractivity contribution in [2.45, 2.75) is 27.7 Å². The molecule has 3 rings (SSSR count). The molecule has 1 aromatic heterocycles. The van der Waals surface area contributed by atoms with Gasteiger partial charge in [-0.2, -0.15) is 0 Å². The molecule has 30 heavy (non-hydrogen) atoms. The Morgan fingerprint density at radius 2 is 1.67 bits per heavy atom. The van der Waals surface area contributed by atoms with Gasteiger partial charge < -0.3 is 19.8 Å². The third-order valence-corrected chi connectivity index (χ3v) is 4.87. The fourth-order valence-corrected chi connectivity index (χ4v) is 3.23. The summed E-state index contributed by atoms with van der Waals surface area (Å²) in [5.41, 5.74) is 4.09. The number of nitrogens with one attached hydrogen (secondary N) is 2. The van der Waals surface area contributed by atoms with Crippen molar-refractivity contribution in [3.8, 4) is 5.75 Å². The lowest BCUT2D eigenvalue weighted by molar-refractivity contribution is -0.125. The maximum absolute atomic E-state index is 12.2. The lowest BCUT2D eigenvalue weighted by atomic mass is 10.1. The Balaban J connectivity index is 1.58. The van der Waals surface area contributed by atoms with Crippen molar-refractivity contribution < 1.29 is 18.7 Å². The Morgan fingerprint density at radius 1 is 0.967 bits per heavy atom. The first-order valence-electron chi connectivity index (χ1n) is 9.56. The smallest absolute Gasteiger partial charge is 0.336 e. The zero-order valence-electron chi connectivity index (χ0n) is 17.4. The van der Waals surface area contributed by atoms with Crippen LogP contribution in [0.5, 0.6) is 5.75 Å². The topological polar surface area (TPSA) is 97.6 Å². The van der Waals surface area contributed by atoms with Gasteiger partial charge in [-0.1, -0.05) is 18.2 Å². The van der Waals surface area contributed by atoms with Crippen molar-refractivity contribution in [2.75, 3.05) is 18.5 Å². The summed E-state index contributed by atoms with van der Waals surface area (Å²) in [6.45, 7) is 6.97. The van der Waals surface area contributed by atoms with Gasteiger partial charge in [0.25, 0.3) is 5.91 Å². The van der Waals surface area contributed by atoms with E-state index in [1.807, 2.05) is 39.0 Å². The van der Waals surface area contributed by atoms with E-state index in [0.717, 1.165) is 27.8 Å². The predicted molar refractivity (Wildman–Crippen MR) is 115 cm³/mol. The largest absolute Gasteiger partial charge is 0.483 e. The molecule has 2 aromatic carbocycles. The summed E-state index contributed by atoms with van der Waals surface area (Å²) in [5, 5.41) is 6.16. The molecule has 1 heterocycles. The SMILES string of the molecule is Cc1cccc(C)c1NC(=O)CNC(=O)COc1ccc2c(C)cc(=O)oc2c1C. The number of para-hydroxylation sites is 1. The van der Waals surface area contributed by atoms with E-state index in [1.54, 1.807) is 19.1 Å². The molecule has 0 aliphatic carbocycles. The molecule has 0 fully saturated rings. The number of ether oxygens (including phenoxy) is 1. The van der Waals surface area contributed by atoms with Crippen LogP contribution in [0.3, 0.4) is 0 Å². The van der Waals surface area contributed by atoms with Crippen molar-refractivity contribution >= 4 is 28.5 Å². The molecule has 0 aliphatic rings. The van der Waals surface area contributed by atoms with Crippen molar-refractivity contribution in [1.29, 1.82) is 0 Å². The lowest BCUT2D eigenvalue weighted by Gasteiger charge is -2.13. The van der Waals surface area contributed by atoms with Gasteiger partial charge in [0, 0.05) is 22.7 Å². The highest BCUT2D eigenvalue weighted by Gasteiger charge is 2.13. The minimum Gasteiger partial charge on any atom is -0.483 e. The first-order valence-corrected chi connectivity index (χ1v) is 9.56. The summed E-state index contributed by atoms with van der Waals surface area (Å²) in [5.74, 6) is -0.317. The van der Waals surface area contributed by atoms with Crippen molar-refractivity contribution in [2.24, 2.45) is 0 Å². The first kappa shape index (κ1) is 21.1. The molecule has 0 radical (unpaired) electrons. The van der Waals surface area contributed by atoms with Crippen LogP contribution in [0.15, 0.2) is 45.6 Å². The number of aryl methyl sites for hydroxylation is 4. The zero-order chi connectivity index (χ0) is 21.8. The quantitative estimate of drug-likeness (QED) is 0.611. The van der Waals surface area contributed by atoms with E-state index in [4.69, 9.17) is 9.15 Å². The Bertz CT molecular complexity index is 1160. The number of carbonyl (C=O) groups excluding carboxylic acids is 2. The standard InChI is InChI=1S/C23H24N2O5/c1-13-6-5-7-14(2)22(13)25-19(26)11-24-20(27)12-29-18-9-8-17-15(3)10-21(28)30-23(17)16(18)4/h5-10H,11-12H2,1-4H3,(H,24,27)(H,25,26). The van der Waals surface area contributed by atoms with Gasteiger partial charge in [0.1, 0.15) is 11.3 Å². The van der Waals surface area contributed by atoms with Gasteiger partial charge in [0.15, 0.2) is 6.61 Å². The molecule has 7 nitrogen and oxygen atoms in total. The van der Waals surface area contributed by atoms with E-state index in [0.29, 0.717) is 16.9 Å². The molecule has 0 atom stereocenters. The summed E-state index contributed by atoms with van der Waals surface area (Å²) in [7, 11) is 0. The first-order chi connectivity index (χ1) is 14.3. The van der Waals surface area contributed by atoms with Gasteiger partial charge in [0.2, 0.25) is 5.91 Å². The molecule has 0 unspecified atom stereocenters. The molecule has 0 spiro atoms. The summed E-state index contributed by atoms with van der Waals surface area (Å²) in [6.07, 6.45) is 0. The Labute approximate surface area is 174 Å². The molecule has 7 heteroatoms. The lowest BCUT2D eigenvalue weighted by Crippen LogP contribution is -2.36. The van der Waals surface area contributed by atoms with Crippen LogP contribution in [0.4, 0.5) is 5.69 Å². The van der Waals surface area contributed by atoms with Crippen LogP contribution in [0.1, 0.15) is 22.3 Å². The third-order valence-electron chi connectivity index (χ3n) is 4.87. The summed E-state index contributed by atoms with van der Waals surface area (Å²) in [4.78, 5) is 35.9. The minimum atomic E-state index is -0.437. The van der Waals surface area contributed by atoms with Gasteiger partial charge in [-0.3, -0.25) is 9.59 Å². The highest BCUT2D eigenvalue weighted by Crippen LogP contribution is 2.28. The van der Waals surface area contributed by atoms with Gasteiger partial charge in [-0.15, -0.1) is 0 Å². The van der Waals surface area contributed by atoms with Crippen LogP contribution in [0.25, 0.3) is 11.0 Å². The van der Waals surface area contributed by atoms with Crippen LogP contribution in [-0.2, 0) is 9.59 Å². The molecular formula is C23H24N2O5. The highest BCUT2D eigenvalue weighted by molar-refractivity contribution is 5.96. The zero-order valence-corrected chi connectivity index (χ0v) is 17.4. The molecule has 0 saturated heterocycles. The van der Waals surface area contributed by atoms with E-state index < -0.39 is 11.5 Å². The van der Waals surface area contributed by atoms with Crippen LogP contribution in [-0.4, -0.2) is 25.0 Å². The Morgan fingerprint density at radius 3 is 2.37 bits per heavy atom. The van der Waals surface area contributed by atoms with E-state index >= 15 is 0 Å². The van der Waals surface area contributed by atoms with Crippen LogP contribution >= 0.6 is 0 Å². The van der Waals surface area contributed by atoms with Crippen molar-refractivity contribution in [3.63, 3.8) is 0 Å². The number of hydrogen-bond acceptors (Lipinski definition) is 5. The van der Waals surface area contributed by atoms with Crippen LogP contribution in [0, 0.1) is 27.7 Å². The summed E-state index contributed by atoms with van der Waals surface area (Å²) in [6, 6.07) is 10.7. The van der Waals surface area contributed by atoms with Crippen molar-refractivity contribution in [3.05, 3.63) is 69.1 Å². The number of fused-ring (bicyclic) bond motifs is 1. The van der Waals surface area contributed by atoms with E-state index in [1.165, 1.54) is 6.07 Å². The fraction of sp³-hybridized carbons (Fsp3) is 0.261. The molecule has 3 aromatic rings. The molecular weight excluding hydrogens is 384 g/mol. The maximum Gasteiger partial charge on any atom is 0.336 e. The molecule has 2 N–H and O–H groups in total. The van der Waals surface area contributed by atoms with Crippen molar-refractivity contribution in [1.82, 2.24) is 5.32 Å². The second kappa shape index (κ2) is 8.82. The normalized spacial score (nSPS) is 10.7. The Kier molecular flexibility index (Phi) is 6.20. The number of anilines is 1. The molecule has 156 valence electrons. The number of amides is 2. The molecule has 2 amide bonds. The predicted octanol–water partition coefficient (Wildman–Crippen LogP) is 3.16. The Hall–Kier alpha value is -3.61. The number of rotatable bonds is 6. The summed E-state index contributed by atoms with van der Waals surface area (Å²) < 4.78 is 10.9. The van der Waals surface area contributed by atoms with E-state index in [2.05, 4.69) is 10.6 Å². The molecule has 0 aliphatic heterocycles. The van der Waals surface area contributed by atoms with E-state index in [9.17, 15) is 14.4 Å². The average molecular weight is 408 g/mol. The van der Waals surface area contributed by atoms with Gasteiger partial charge in [0.05, 0.1) is 6.54 Å². The van der Waals surface area contributed by atoms with Crippen LogP contribution < -0.4 is 21.0 Å². The monoisotopic (exact) mass is 408 g/mol. The van der Waals surface area contributed by atoms with Gasteiger partial charge in [-0.25, -0.2) is 4.79 Å². The van der Waals surface area contributed by atoms with Gasteiger partial charge >= 0.3 is 5.63 Å². The van der Waals surface area contributed by atoms with Gasteiger partial charge in [-0.05, 0) is 56.5 Å². The second-order valence-corrected chi connectivity index (χ2v) is 7.19. The number of carbonyl (C=O) groups is 2. The second-order valence-electron chi connectivity index (χ2n) is 7.19. The summed E-state index contributed by atoms with van der Waals surface area (Å²) >= 11 is 0. The van der Waals surface area contributed by atoms with Crippen LogP contribution in [0.2, 0.25) is 0 Å². The molecule has 0 saturated carbocycles. The number of benzene rings is 2.